The largest absolute Gasteiger partial charge is 0.407 e. The van der Waals surface area contributed by atoms with Gasteiger partial charge in [-0.3, -0.25) is 4.57 Å². The van der Waals surface area contributed by atoms with Gasteiger partial charge in [-0.15, -0.1) is 0 Å². The Hall–Kier alpha value is -1.26. The van der Waals surface area contributed by atoms with Gasteiger partial charge in [-0.1, -0.05) is 13.3 Å². The van der Waals surface area contributed by atoms with E-state index in [2.05, 4.69) is 25.0 Å². The second-order valence-corrected chi connectivity index (χ2v) is 10.6. The molecule has 2 rings (SSSR count). The topological polar surface area (TPSA) is 120 Å². The number of hydrogen-bond donors (Lipinski definition) is 3. The third-order valence-corrected chi connectivity index (χ3v) is 6.54. The molecule has 1 aromatic rings. The lowest BCUT2D eigenvalue weighted by molar-refractivity contribution is -0.0530. The van der Waals surface area contributed by atoms with Crippen LogP contribution in [0.2, 0.25) is 19.1 Å². The Morgan fingerprint density at radius 1 is 1.52 bits per heavy atom. The third kappa shape index (κ3) is 3.99. The molecule has 0 bridgehead atoms. The van der Waals surface area contributed by atoms with Gasteiger partial charge in [0.15, 0.2) is 14.5 Å². The highest BCUT2D eigenvalue weighted by molar-refractivity contribution is 6.71. The smallest absolute Gasteiger partial charge is 0.351 e. The summed E-state index contributed by atoms with van der Waals surface area (Å²) in [6.07, 6.45) is -0.957. The fourth-order valence-electron chi connectivity index (χ4n) is 2.87. The first-order valence-electron chi connectivity index (χ1n) is 7.76. The molecular weight excluding hydrogens is 318 g/mol. The van der Waals surface area contributed by atoms with E-state index in [1.165, 1.54) is 16.8 Å². The zero-order valence-electron chi connectivity index (χ0n) is 13.7. The average Bonchev–Trinajstić information content (AvgIpc) is 2.75. The highest BCUT2D eigenvalue weighted by atomic mass is 28.4. The Morgan fingerprint density at radius 2 is 2.22 bits per heavy atom. The minimum atomic E-state index is -2.04. The van der Waals surface area contributed by atoms with E-state index in [1.807, 2.05) is 0 Å². The molecule has 4 atom stereocenters. The van der Waals surface area contributed by atoms with Crippen molar-refractivity contribution in [2.75, 3.05) is 12.3 Å². The van der Waals surface area contributed by atoms with Gasteiger partial charge in [-0.2, -0.15) is 4.98 Å². The van der Waals surface area contributed by atoms with Gasteiger partial charge in [0.05, 0.1) is 6.61 Å². The maximum Gasteiger partial charge on any atom is 0.351 e. The van der Waals surface area contributed by atoms with Crippen molar-refractivity contribution in [3.63, 3.8) is 0 Å². The molecule has 4 unspecified atom stereocenters. The first-order valence-corrected chi connectivity index (χ1v) is 10.9. The van der Waals surface area contributed by atoms with Gasteiger partial charge in [-0.25, -0.2) is 4.79 Å². The standard InChI is InChI=1S/C14H25N3O5Si/c1-4-7-23(2,3)22-12-11(19)9(8-18)21-13(12)17-6-5-10(15)16-14(17)20/h5-6,9,11-13,18-19H,4,7-8H2,1-3H3,(H2,15,16,20). The molecule has 0 aliphatic carbocycles. The highest BCUT2D eigenvalue weighted by Crippen LogP contribution is 2.33. The van der Waals surface area contributed by atoms with E-state index in [-0.39, 0.29) is 12.4 Å². The van der Waals surface area contributed by atoms with Crippen LogP contribution in [0.15, 0.2) is 17.1 Å². The Kier molecular flexibility index (Phi) is 5.58. The van der Waals surface area contributed by atoms with Crippen molar-refractivity contribution in [1.82, 2.24) is 9.55 Å². The van der Waals surface area contributed by atoms with Crippen LogP contribution < -0.4 is 11.4 Å². The SMILES string of the molecule is CCC[Si](C)(C)OC1C(O)C(CO)OC1n1ccc(N)nc1=O. The van der Waals surface area contributed by atoms with Crippen LogP contribution in [0, 0.1) is 0 Å². The molecular formula is C14H25N3O5Si. The van der Waals surface area contributed by atoms with E-state index < -0.39 is 38.5 Å². The number of ether oxygens (including phenoxy) is 1. The van der Waals surface area contributed by atoms with Crippen LogP contribution in [-0.4, -0.2) is 53.0 Å². The van der Waals surface area contributed by atoms with Gasteiger partial charge in [0.1, 0.15) is 24.1 Å². The van der Waals surface area contributed by atoms with Crippen LogP contribution in [0.3, 0.4) is 0 Å². The Labute approximate surface area is 136 Å². The second kappa shape index (κ2) is 7.10. The molecule has 23 heavy (non-hydrogen) atoms. The molecule has 130 valence electrons. The maximum atomic E-state index is 12.1. The summed E-state index contributed by atoms with van der Waals surface area (Å²) in [5.41, 5.74) is 4.92. The number of anilines is 1. The third-order valence-electron chi connectivity index (χ3n) is 3.93. The van der Waals surface area contributed by atoms with Crippen LogP contribution in [0.1, 0.15) is 19.6 Å². The van der Waals surface area contributed by atoms with E-state index >= 15 is 0 Å². The Balaban J connectivity index is 2.33. The van der Waals surface area contributed by atoms with Crippen molar-refractivity contribution in [3.05, 3.63) is 22.7 Å². The number of nitrogen functional groups attached to an aromatic ring is 1. The summed E-state index contributed by atoms with van der Waals surface area (Å²) in [5, 5.41) is 19.8. The summed E-state index contributed by atoms with van der Waals surface area (Å²) in [5.74, 6) is 0.113. The normalized spacial score (nSPS) is 28.2. The number of aromatic nitrogens is 2. The molecule has 2 heterocycles. The van der Waals surface area contributed by atoms with Crippen LogP contribution in [0.4, 0.5) is 5.82 Å². The second-order valence-electron chi connectivity index (χ2n) is 6.37. The number of aliphatic hydroxyl groups excluding tert-OH is 2. The molecule has 0 radical (unpaired) electrons. The van der Waals surface area contributed by atoms with Crippen molar-refractivity contribution in [1.29, 1.82) is 0 Å². The number of nitrogens with two attached hydrogens (primary N) is 1. The summed E-state index contributed by atoms with van der Waals surface area (Å²) < 4.78 is 13.1. The van der Waals surface area contributed by atoms with Crippen molar-refractivity contribution in [2.45, 2.75) is 57.0 Å². The Bertz CT molecular complexity index is 594. The van der Waals surface area contributed by atoms with E-state index in [9.17, 15) is 15.0 Å². The fourth-order valence-corrected chi connectivity index (χ4v) is 5.18. The quantitative estimate of drug-likeness (QED) is 0.625. The minimum Gasteiger partial charge on any atom is -0.407 e. The molecule has 1 saturated heterocycles. The van der Waals surface area contributed by atoms with Gasteiger partial charge >= 0.3 is 5.69 Å². The van der Waals surface area contributed by atoms with Gasteiger partial charge in [0, 0.05) is 6.20 Å². The van der Waals surface area contributed by atoms with Crippen molar-refractivity contribution in [3.8, 4) is 0 Å². The van der Waals surface area contributed by atoms with Gasteiger partial charge in [-0.05, 0) is 25.2 Å². The van der Waals surface area contributed by atoms with Crippen molar-refractivity contribution in [2.24, 2.45) is 0 Å². The molecule has 0 aromatic carbocycles. The Morgan fingerprint density at radius 3 is 2.78 bits per heavy atom. The molecule has 0 amide bonds. The molecule has 1 fully saturated rings. The lowest BCUT2D eigenvalue weighted by Gasteiger charge is -2.31. The molecule has 4 N–H and O–H groups in total. The first-order chi connectivity index (χ1) is 10.8. The molecule has 8 nitrogen and oxygen atoms in total. The summed E-state index contributed by atoms with van der Waals surface area (Å²) in [6.45, 7) is 5.82. The predicted octanol–water partition coefficient (Wildman–Crippen LogP) is 0.0764. The lowest BCUT2D eigenvalue weighted by atomic mass is 10.1. The average molecular weight is 343 g/mol. The van der Waals surface area contributed by atoms with Crippen LogP contribution in [0.25, 0.3) is 0 Å². The van der Waals surface area contributed by atoms with Gasteiger partial charge < -0.3 is 25.1 Å². The van der Waals surface area contributed by atoms with Gasteiger partial charge in [0.2, 0.25) is 0 Å². The molecule has 9 heteroatoms. The summed E-state index contributed by atoms with van der Waals surface area (Å²) in [6, 6.07) is 2.40. The van der Waals surface area contributed by atoms with E-state index in [4.69, 9.17) is 14.9 Å². The summed E-state index contributed by atoms with van der Waals surface area (Å²) >= 11 is 0. The number of aliphatic hydroxyl groups is 2. The summed E-state index contributed by atoms with van der Waals surface area (Å²) in [4.78, 5) is 15.7. The lowest BCUT2D eigenvalue weighted by Crippen LogP contribution is -2.45. The zero-order chi connectivity index (χ0) is 17.2. The molecule has 0 saturated carbocycles. The fraction of sp³-hybridized carbons (Fsp3) is 0.714. The maximum absolute atomic E-state index is 12.1. The van der Waals surface area contributed by atoms with Crippen molar-refractivity contribution >= 4 is 14.1 Å². The highest BCUT2D eigenvalue weighted by Gasteiger charge is 2.47. The predicted molar refractivity (Wildman–Crippen MR) is 87.4 cm³/mol. The van der Waals surface area contributed by atoms with Gasteiger partial charge in [0.25, 0.3) is 0 Å². The van der Waals surface area contributed by atoms with E-state index in [0.717, 1.165) is 12.5 Å². The summed E-state index contributed by atoms with van der Waals surface area (Å²) in [7, 11) is -2.04. The van der Waals surface area contributed by atoms with Crippen LogP contribution in [0.5, 0.6) is 0 Å². The van der Waals surface area contributed by atoms with E-state index in [0.29, 0.717) is 0 Å². The first kappa shape index (κ1) is 18.1. The van der Waals surface area contributed by atoms with Crippen LogP contribution >= 0.6 is 0 Å². The number of rotatable bonds is 6. The molecule has 1 aromatic heterocycles. The number of hydrogen-bond acceptors (Lipinski definition) is 7. The van der Waals surface area contributed by atoms with Crippen molar-refractivity contribution < 1.29 is 19.4 Å². The monoisotopic (exact) mass is 343 g/mol. The molecule has 0 spiro atoms. The van der Waals surface area contributed by atoms with Crippen LogP contribution in [-0.2, 0) is 9.16 Å². The van der Waals surface area contributed by atoms with E-state index in [1.54, 1.807) is 0 Å². The molecule has 1 aliphatic rings. The molecule has 1 aliphatic heterocycles. The zero-order valence-corrected chi connectivity index (χ0v) is 14.7. The minimum absolute atomic E-state index is 0.113. The number of nitrogens with zero attached hydrogens (tertiary/aromatic N) is 2.